The van der Waals surface area contributed by atoms with E-state index in [1.165, 1.54) is 5.56 Å². The number of nitrogens with zero attached hydrogens (tertiary/aromatic N) is 1. The quantitative estimate of drug-likeness (QED) is 0.928. The van der Waals surface area contributed by atoms with Gasteiger partial charge in [-0.1, -0.05) is 39.0 Å². The third-order valence-corrected chi connectivity index (χ3v) is 3.61. The Morgan fingerprint density at radius 3 is 2.25 bits per heavy atom. The minimum atomic E-state index is -0.0112. The van der Waals surface area contributed by atoms with Gasteiger partial charge in [0.1, 0.15) is 0 Å². The van der Waals surface area contributed by atoms with Gasteiger partial charge in [-0.05, 0) is 36.1 Å². The van der Waals surface area contributed by atoms with E-state index in [1.807, 2.05) is 24.3 Å². The first-order valence-corrected chi connectivity index (χ1v) is 7.12. The number of hydrogen-bond acceptors (Lipinski definition) is 2. The Labute approximate surface area is 120 Å². The van der Waals surface area contributed by atoms with E-state index in [0.29, 0.717) is 5.56 Å². The van der Waals surface area contributed by atoms with Crippen molar-refractivity contribution in [3.05, 3.63) is 63.6 Å². The molecule has 0 radical (unpaired) electrons. The molecule has 0 aliphatic carbocycles. The fourth-order valence-electron chi connectivity index (χ4n) is 2.35. The van der Waals surface area contributed by atoms with Crippen LogP contribution in [-0.4, -0.2) is 4.57 Å². The van der Waals surface area contributed by atoms with Crippen LogP contribution < -0.4 is 11.3 Å². The van der Waals surface area contributed by atoms with Crippen molar-refractivity contribution >= 4 is 0 Å². The largest absolute Gasteiger partial charge is 0.326 e. The first-order valence-electron chi connectivity index (χ1n) is 7.12. The Bertz CT molecular complexity index is 639. The van der Waals surface area contributed by atoms with Crippen molar-refractivity contribution in [1.82, 2.24) is 4.57 Å². The van der Waals surface area contributed by atoms with Crippen molar-refractivity contribution in [3.8, 4) is 5.69 Å². The number of aromatic nitrogens is 1. The lowest BCUT2D eigenvalue weighted by atomic mass is 10.1. The Hall–Kier alpha value is -1.87. The third-order valence-electron chi connectivity index (χ3n) is 3.61. The van der Waals surface area contributed by atoms with Crippen molar-refractivity contribution in [2.24, 2.45) is 5.73 Å². The fraction of sp³-hybridized carbons (Fsp3) is 0.353. The van der Waals surface area contributed by atoms with Crippen LogP contribution >= 0.6 is 0 Å². The molecule has 1 aromatic carbocycles. The molecule has 0 bridgehead atoms. The Morgan fingerprint density at radius 2 is 1.75 bits per heavy atom. The standard InChI is InChI=1S/C17H22N2O/c1-4-13-5-8-15(9-6-13)19-16(12(2)3)10-7-14(11-18)17(19)20/h5-10,12H,4,11,18H2,1-3H3. The minimum absolute atomic E-state index is 0.0112. The number of rotatable bonds is 4. The van der Waals surface area contributed by atoms with Gasteiger partial charge in [0.2, 0.25) is 0 Å². The summed E-state index contributed by atoms with van der Waals surface area (Å²) >= 11 is 0. The highest BCUT2D eigenvalue weighted by molar-refractivity contribution is 5.38. The molecule has 0 atom stereocenters. The molecule has 0 spiro atoms. The highest BCUT2D eigenvalue weighted by Crippen LogP contribution is 2.18. The third kappa shape index (κ3) is 2.68. The molecule has 0 saturated carbocycles. The predicted molar refractivity (Wildman–Crippen MR) is 83.4 cm³/mol. The van der Waals surface area contributed by atoms with E-state index in [1.54, 1.807) is 4.57 Å². The molecule has 0 aliphatic rings. The molecular weight excluding hydrogens is 248 g/mol. The maximum Gasteiger partial charge on any atom is 0.259 e. The van der Waals surface area contributed by atoms with Crippen LogP contribution in [0.15, 0.2) is 41.2 Å². The second-order valence-corrected chi connectivity index (χ2v) is 5.30. The van der Waals surface area contributed by atoms with Gasteiger partial charge in [0.15, 0.2) is 0 Å². The molecule has 1 heterocycles. The monoisotopic (exact) mass is 270 g/mol. The molecule has 3 heteroatoms. The van der Waals surface area contributed by atoms with Crippen LogP contribution in [0.5, 0.6) is 0 Å². The van der Waals surface area contributed by atoms with Crippen molar-refractivity contribution in [1.29, 1.82) is 0 Å². The van der Waals surface area contributed by atoms with Crippen LogP contribution in [0, 0.1) is 0 Å². The summed E-state index contributed by atoms with van der Waals surface area (Å²) in [6, 6.07) is 12.0. The van der Waals surface area contributed by atoms with Crippen molar-refractivity contribution in [2.75, 3.05) is 0 Å². The highest BCUT2D eigenvalue weighted by atomic mass is 16.1. The summed E-state index contributed by atoms with van der Waals surface area (Å²) in [5.41, 5.74) is 9.48. The molecule has 0 aliphatic heterocycles. The number of benzene rings is 1. The summed E-state index contributed by atoms with van der Waals surface area (Å²) in [5.74, 6) is 0.278. The zero-order valence-electron chi connectivity index (χ0n) is 12.4. The maximum absolute atomic E-state index is 12.6. The van der Waals surface area contributed by atoms with Crippen LogP contribution in [0.2, 0.25) is 0 Å². The highest BCUT2D eigenvalue weighted by Gasteiger charge is 2.12. The number of nitrogens with two attached hydrogens (primary N) is 1. The first-order chi connectivity index (χ1) is 9.58. The lowest BCUT2D eigenvalue weighted by molar-refractivity contribution is 0.749. The average molecular weight is 270 g/mol. The van der Waals surface area contributed by atoms with Gasteiger partial charge >= 0.3 is 0 Å². The van der Waals surface area contributed by atoms with E-state index in [9.17, 15) is 4.79 Å². The van der Waals surface area contributed by atoms with Crippen molar-refractivity contribution in [2.45, 2.75) is 39.7 Å². The first kappa shape index (κ1) is 14.5. The molecule has 2 aromatic rings. The fourth-order valence-corrected chi connectivity index (χ4v) is 2.35. The van der Waals surface area contributed by atoms with Gasteiger partial charge < -0.3 is 5.73 Å². The molecule has 106 valence electrons. The van der Waals surface area contributed by atoms with E-state index >= 15 is 0 Å². The molecule has 3 nitrogen and oxygen atoms in total. The molecule has 1 aromatic heterocycles. The van der Waals surface area contributed by atoms with Gasteiger partial charge in [-0.25, -0.2) is 0 Å². The number of pyridine rings is 1. The van der Waals surface area contributed by atoms with E-state index in [2.05, 4.69) is 32.9 Å². The molecule has 0 saturated heterocycles. The van der Waals surface area contributed by atoms with Crippen LogP contribution in [0.3, 0.4) is 0 Å². The summed E-state index contributed by atoms with van der Waals surface area (Å²) in [4.78, 5) is 12.6. The molecule has 0 amide bonds. The van der Waals surface area contributed by atoms with Gasteiger partial charge in [-0.3, -0.25) is 9.36 Å². The van der Waals surface area contributed by atoms with E-state index < -0.39 is 0 Å². The van der Waals surface area contributed by atoms with Gasteiger partial charge in [-0.15, -0.1) is 0 Å². The number of hydrogen-bond donors (Lipinski definition) is 1. The second kappa shape index (κ2) is 6.06. The lowest BCUT2D eigenvalue weighted by Crippen LogP contribution is -2.27. The van der Waals surface area contributed by atoms with Crippen LogP contribution in [-0.2, 0) is 13.0 Å². The Balaban J connectivity index is 2.65. The lowest BCUT2D eigenvalue weighted by Gasteiger charge is -2.17. The number of aryl methyl sites for hydroxylation is 1. The average Bonchev–Trinajstić information content (AvgIpc) is 2.47. The Morgan fingerprint density at radius 1 is 1.10 bits per heavy atom. The zero-order chi connectivity index (χ0) is 14.7. The summed E-state index contributed by atoms with van der Waals surface area (Å²) < 4.78 is 1.78. The summed E-state index contributed by atoms with van der Waals surface area (Å²) in [7, 11) is 0. The summed E-state index contributed by atoms with van der Waals surface area (Å²) in [5, 5.41) is 0. The summed E-state index contributed by atoms with van der Waals surface area (Å²) in [6.07, 6.45) is 0.995. The second-order valence-electron chi connectivity index (χ2n) is 5.30. The molecular formula is C17H22N2O. The maximum atomic E-state index is 12.6. The smallest absolute Gasteiger partial charge is 0.259 e. The van der Waals surface area contributed by atoms with Gasteiger partial charge in [-0.2, -0.15) is 0 Å². The van der Waals surface area contributed by atoms with E-state index in [-0.39, 0.29) is 18.0 Å². The molecule has 0 unspecified atom stereocenters. The van der Waals surface area contributed by atoms with Crippen molar-refractivity contribution in [3.63, 3.8) is 0 Å². The van der Waals surface area contributed by atoms with E-state index in [0.717, 1.165) is 17.8 Å². The van der Waals surface area contributed by atoms with Crippen molar-refractivity contribution < 1.29 is 0 Å². The normalized spacial score (nSPS) is 11.1. The molecule has 2 N–H and O–H groups in total. The molecule has 0 fully saturated rings. The van der Waals surface area contributed by atoms with Gasteiger partial charge in [0.05, 0.1) is 0 Å². The SMILES string of the molecule is CCc1ccc(-n2c(C(C)C)ccc(CN)c2=O)cc1. The zero-order valence-corrected chi connectivity index (χ0v) is 12.4. The predicted octanol–water partition coefficient (Wildman–Crippen LogP) is 2.98. The summed E-state index contributed by atoms with van der Waals surface area (Å²) in [6.45, 7) is 6.57. The minimum Gasteiger partial charge on any atom is -0.326 e. The van der Waals surface area contributed by atoms with Crippen LogP contribution in [0.1, 0.15) is 43.5 Å². The molecule has 2 rings (SSSR count). The molecule has 20 heavy (non-hydrogen) atoms. The van der Waals surface area contributed by atoms with Gasteiger partial charge in [0, 0.05) is 23.5 Å². The Kier molecular flexibility index (Phi) is 4.40. The van der Waals surface area contributed by atoms with Crippen LogP contribution in [0.4, 0.5) is 0 Å². The van der Waals surface area contributed by atoms with E-state index in [4.69, 9.17) is 5.73 Å². The van der Waals surface area contributed by atoms with Crippen LogP contribution in [0.25, 0.3) is 5.69 Å². The van der Waals surface area contributed by atoms with Gasteiger partial charge in [0.25, 0.3) is 5.56 Å². The topological polar surface area (TPSA) is 48.0 Å².